The third kappa shape index (κ3) is 3.55. The second-order valence-corrected chi connectivity index (χ2v) is 5.12. The SMILES string of the molecule is COc1nccc(N(C)C)c1NCc1ccc(F)c(Cl)c1. The van der Waals surface area contributed by atoms with Crippen molar-refractivity contribution in [1.29, 1.82) is 0 Å². The number of methoxy groups -OCH3 is 1. The summed E-state index contributed by atoms with van der Waals surface area (Å²) in [7, 11) is 5.45. The molecule has 0 unspecified atom stereocenters. The summed E-state index contributed by atoms with van der Waals surface area (Å²) in [6.45, 7) is 0.489. The molecule has 1 N–H and O–H groups in total. The van der Waals surface area contributed by atoms with Crippen molar-refractivity contribution in [3.63, 3.8) is 0 Å². The van der Waals surface area contributed by atoms with Crippen molar-refractivity contribution in [1.82, 2.24) is 4.98 Å². The van der Waals surface area contributed by atoms with Gasteiger partial charge in [0.05, 0.1) is 17.8 Å². The first-order valence-electron chi connectivity index (χ1n) is 6.41. The van der Waals surface area contributed by atoms with E-state index in [4.69, 9.17) is 16.3 Å². The van der Waals surface area contributed by atoms with Crippen LogP contribution in [-0.4, -0.2) is 26.2 Å². The van der Waals surface area contributed by atoms with E-state index in [1.165, 1.54) is 6.07 Å². The molecule has 112 valence electrons. The average molecular weight is 310 g/mol. The van der Waals surface area contributed by atoms with Crippen LogP contribution in [0.3, 0.4) is 0 Å². The third-order valence-electron chi connectivity index (χ3n) is 3.02. The minimum absolute atomic E-state index is 0.111. The molecular weight excluding hydrogens is 293 g/mol. The molecule has 6 heteroatoms. The highest BCUT2D eigenvalue weighted by atomic mass is 35.5. The molecule has 0 radical (unpaired) electrons. The summed E-state index contributed by atoms with van der Waals surface area (Å²) >= 11 is 5.79. The van der Waals surface area contributed by atoms with Gasteiger partial charge >= 0.3 is 0 Å². The van der Waals surface area contributed by atoms with Crippen LogP contribution in [0.5, 0.6) is 5.88 Å². The van der Waals surface area contributed by atoms with Gasteiger partial charge in [-0.2, -0.15) is 0 Å². The summed E-state index contributed by atoms with van der Waals surface area (Å²) in [5.74, 6) is 0.0859. The van der Waals surface area contributed by atoms with Gasteiger partial charge in [-0.15, -0.1) is 0 Å². The highest BCUT2D eigenvalue weighted by Crippen LogP contribution is 2.32. The topological polar surface area (TPSA) is 37.4 Å². The first-order chi connectivity index (χ1) is 10.0. The van der Waals surface area contributed by atoms with Crippen molar-refractivity contribution in [3.05, 3.63) is 46.9 Å². The van der Waals surface area contributed by atoms with Gasteiger partial charge in [-0.05, 0) is 23.8 Å². The number of anilines is 2. The largest absolute Gasteiger partial charge is 0.479 e. The number of nitrogens with zero attached hydrogens (tertiary/aromatic N) is 2. The van der Waals surface area contributed by atoms with Crippen LogP contribution in [0.15, 0.2) is 30.5 Å². The Morgan fingerprint density at radius 3 is 2.71 bits per heavy atom. The quantitative estimate of drug-likeness (QED) is 0.916. The molecule has 21 heavy (non-hydrogen) atoms. The van der Waals surface area contributed by atoms with E-state index in [0.29, 0.717) is 12.4 Å². The summed E-state index contributed by atoms with van der Waals surface area (Å²) in [4.78, 5) is 6.15. The molecule has 0 saturated carbocycles. The van der Waals surface area contributed by atoms with E-state index < -0.39 is 5.82 Å². The van der Waals surface area contributed by atoms with E-state index in [0.717, 1.165) is 16.9 Å². The van der Waals surface area contributed by atoms with Gasteiger partial charge in [0, 0.05) is 26.8 Å². The molecule has 0 fully saturated rings. The molecule has 0 aliphatic rings. The number of aromatic nitrogens is 1. The molecule has 2 rings (SSSR count). The van der Waals surface area contributed by atoms with E-state index in [1.54, 1.807) is 25.4 Å². The standard InChI is InChI=1S/C15H17ClFN3O/c1-20(2)13-6-7-18-15(21-3)14(13)19-9-10-4-5-12(17)11(16)8-10/h4-8,19H,9H2,1-3H3. The van der Waals surface area contributed by atoms with Crippen molar-refractivity contribution in [2.75, 3.05) is 31.4 Å². The molecular formula is C15H17ClFN3O. The highest BCUT2D eigenvalue weighted by molar-refractivity contribution is 6.30. The van der Waals surface area contributed by atoms with Crippen molar-refractivity contribution in [3.8, 4) is 5.88 Å². The number of rotatable bonds is 5. The van der Waals surface area contributed by atoms with Crippen molar-refractivity contribution in [2.45, 2.75) is 6.54 Å². The minimum Gasteiger partial charge on any atom is -0.479 e. The fraction of sp³-hybridized carbons (Fsp3) is 0.267. The second-order valence-electron chi connectivity index (χ2n) is 4.71. The Morgan fingerprint density at radius 2 is 2.10 bits per heavy atom. The second kappa shape index (κ2) is 6.63. The Labute approximate surface area is 128 Å². The minimum atomic E-state index is -0.423. The lowest BCUT2D eigenvalue weighted by Gasteiger charge is -2.20. The Kier molecular flexibility index (Phi) is 4.85. The van der Waals surface area contributed by atoms with Crippen LogP contribution in [0.25, 0.3) is 0 Å². The number of halogens is 2. The smallest absolute Gasteiger partial charge is 0.239 e. The van der Waals surface area contributed by atoms with Crippen LogP contribution in [0.1, 0.15) is 5.56 Å². The molecule has 2 aromatic rings. The van der Waals surface area contributed by atoms with Crippen LogP contribution in [0.4, 0.5) is 15.8 Å². The predicted molar refractivity (Wildman–Crippen MR) is 83.9 cm³/mol. The summed E-state index contributed by atoms with van der Waals surface area (Å²) in [6, 6.07) is 6.53. The third-order valence-corrected chi connectivity index (χ3v) is 3.31. The summed E-state index contributed by atoms with van der Waals surface area (Å²) in [5.41, 5.74) is 2.61. The number of ether oxygens (including phenoxy) is 1. The van der Waals surface area contributed by atoms with Crippen LogP contribution in [0.2, 0.25) is 5.02 Å². The zero-order valence-corrected chi connectivity index (χ0v) is 12.9. The first-order valence-corrected chi connectivity index (χ1v) is 6.79. The highest BCUT2D eigenvalue weighted by Gasteiger charge is 2.12. The monoisotopic (exact) mass is 309 g/mol. The van der Waals surface area contributed by atoms with E-state index in [-0.39, 0.29) is 5.02 Å². The van der Waals surface area contributed by atoms with Crippen LogP contribution >= 0.6 is 11.6 Å². The van der Waals surface area contributed by atoms with E-state index in [1.807, 2.05) is 25.1 Å². The lowest BCUT2D eigenvalue weighted by atomic mass is 10.2. The molecule has 4 nitrogen and oxygen atoms in total. The van der Waals surface area contributed by atoms with E-state index in [9.17, 15) is 4.39 Å². The van der Waals surface area contributed by atoms with E-state index in [2.05, 4.69) is 10.3 Å². The molecule has 0 saturated heterocycles. The normalized spacial score (nSPS) is 10.3. The summed E-state index contributed by atoms with van der Waals surface area (Å²) in [6.07, 6.45) is 1.69. The molecule has 1 heterocycles. The Morgan fingerprint density at radius 1 is 1.33 bits per heavy atom. The molecule has 0 bridgehead atoms. The van der Waals surface area contributed by atoms with Gasteiger partial charge in [-0.25, -0.2) is 9.37 Å². The number of nitrogens with one attached hydrogen (secondary N) is 1. The van der Waals surface area contributed by atoms with Crippen LogP contribution in [0, 0.1) is 5.82 Å². The summed E-state index contributed by atoms with van der Waals surface area (Å²) < 4.78 is 18.4. The van der Waals surface area contributed by atoms with Gasteiger partial charge < -0.3 is 15.0 Å². The Bertz CT molecular complexity index is 634. The van der Waals surface area contributed by atoms with Crippen molar-refractivity contribution in [2.24, 2.45) is 0 Å². The lowest BCUT2D eigenvalue weighted by Crippen LogP contribution is -2.13. The van der Waals surface area contributed by atoms with Gasteiger partial charge in [0.1, 0.15) is 11.5 Å². The molecule has 0 spiro atoms. The Balaban J connectivity index is 2.24. The first kappa shape index (κ1) is 15.4. The fourth-order valence-electron chi connectivity index (χ4n) is 1.97. The molecule has 1 aromatic carbocycles. The molecule has 0 aliphatic heterocycles. The van der Waals surface area contributed by atoms with Gasteiger partial charge in [-0.1, -0.05) is 17.7 Å². The number of benzene rings is 1. The number of hydrogen-bond acceptors (Lipinski definition) is 4. The maximum atomic E-state index is 13.2. The number of hydrogen-bond donors (Lipinski definition) is 1. The van der Waals surface area contributed by atoms with Gasteiger partial charge in [-0.3, -0.25) is 0 Å². The Hall–Kier alpha value is -2.01. The van der Waals surface area contributed by atoms with Crippen molar-refractivity contribution < 1.29 is 9.13 Å². The summed E-state index contributed by atoms with van der Waals surface area (Å²) in [5, 5.41) is 3.38. The zero-order valence-electron chi connectivity index (χ0n) is 12.2. The maximum Gasteiger partial charge on any atom is 0.239 e. The molecule has 1 aromatic heterocycles. The molecule has 0 aliphatic carbocycles. The zero-order chi connectivity index (χ0) is 15.4. The molecule has 0 amide bonds. The maximum absolute atomic E-state index is 13.2. The average Bonchev–Trinajstić information content (AvgIpc) is 2.48. The van der Waals surface area contributed by atoms with E-state index >= 15 is 0 Å². The predicted octanol–water partition coefficient (Wildman–Crippen LogP) is 3.56. The molecule has 0 atom stereocenters. The fourth-order valence-corrected chi connectivity index (χ4v) is 2.17. The van der Waals surface area contributed by atoms with Gasteiger partial charge in [0.15, 0.2) is 0 Å². The van der Waals surface area contributed by atoms with Crippen molar-refractivity contribution >= 4 is 23.0 Å². The number of pyridine rings is 1. The lowest BCUT2D eigenvalue weighted by molar-refractivity contribution is 0.400. The van der Waals surface area contributed by atoms with Crippen LogP contribution in [-0.2, 0) is 6.54 Å². The van der Waals surface area contributed by atoms with Gasteiger partial charge in [0.25, 0.3) is 0 Å². The van der Waals surface area contributed by atoms with Crippen LogP contribution < -0.4 is 15.0 Å². The van der Waals surface area contributed by atoms with Gasteiger partial charge in [0.2, 0.25) is 5.88 Å².